The Kier molecular flexibility index (Phi) is 6.73. The number of amides is 4. The Morgan fingerprint density at radius 1 is 0.970 bits per heavy atom. The van der Waals surface area contributed by atoms with E-state index in [1.54, 1.807) is 12.1 Å². The Balaban J connectivity index is 1.35. The lowest BCUT2D eigenvalue weighted by Crippen LogP contribution is -2.54. The highest BCUT2D eigenvalue weighted by molar-refractivity contribution is 6.23. The first-order chi connectivity index (χ1) is 15.8. The lowest BCUT2D eigenvalue weighted by Gasteiger charge is -2.36. The monoisotopic (exact) mass is 456 g/mol. The number of benzene rings is 1. The molecule has 1 aromatic carbocycles. The lowest BCUT2D eigenvalue weighted by molar-refractivity contribution is -0.138. The largest absolute Gasteiger partial charge is 0.481 e. The summed E-state index contributed by atoms with van der Waals surface area (Å²) in [5, 5.41) is 10.9. The molecule has 1 aromatic rings. The van der Waals surface area contributed by atoms with Gasteiger partial charge in [-0.1, -0.05) is 6.42 Å². The van der Waals surface area contributed by atoms with Crippen LogP contribution in [0.1, 0.15) is 59.2 Å². The van der Waals surface area contributed by atoms with Crippen molar-refractivity contribution in [1.82, 2.24) is 15.1 Å². The highest BCUT2D eigenvalue weighted by Crippen LogP contribution is 2.31. The van der Waals surface area contributed by atoms with Crippen LogP contribution in [0.2, 0.25) is 0 Å². The summed E-state index contributed by atoms with van der Waals surface area (Å²) < 4.78 is 0. The van der Waals surface area contributed by atoms with Gasteiger partial charge in [0, 0.05) is 44.7 Å². The molecule has 0 aromatic heterocycles. The number of nitrogens with one attached hydrogen (secondary N) is 1. The molecule has 2 fully saturated rings. The number of rotatable bonds is 8. The molecular formula is C23H28N4O6. The molecule has 3 aliphatic heterocycles. The molecular weight excluding hydrogens is 428 g/mol. The number of imide groups is 2. The van der Waals surface area contributed by atoms with Gasteiger partial charge in [0.1, 0.15) is 6.04 Å². The van der Waals surface area contributed by atoms with E-state index < -0.39 is 35.6 Å². The Labute approximate surface area is 191 Å². The number of carbonyl (C=O) groups excluding carboxylic acids is 4. The third kappa shape index (κ3) is 4.90. The van der Waals surface area contributed by atoms with Gasteiger partial charge < -0.3 is 10.0 Å². The fourth-order valence-electron chi connectivity index (χ4n) is 4.67. The average Bonchev–Trinajstić information content (AvgIpc) is 3.03. The second kappa shape index (κ2) is 9.70. The fourth-order valence-corrected chi connectivity index (χ4v) is 4.67. The first-order valence-corrected chi connectivity index (χ1v) is 11.4. The van der Waals surface area contributed by atoms with Crippen LogP contribution >= 0.6 is 0 Å². The van der Waals surface area contributed by atoms with Crippen LogP contribution in [0.5, 0.6) is 0 Å². The summed E-state index contributed by atoms with van der Waals surface area (Å²) in [5.74, 6) is -2.75. The van der Waals surface area contributed by atoms with Crippen LogP contribution in [0.4, 0.5) is 5.69 Å². The van der Waals surface area contributed by atoms with E-state index in [1.807, 2.05) is 6.07 Å². The maximum Gasteiger partial charge on any atom is 0.303 e. The summed E-state index contributed by atoms with van der Waals surface area (Å²) in [6.45, 7) is 4.24. The molecule has 0 aliphatic carbocycles. The zero-order chi connectivity index (χ0) is 23.5. The predicted molar refractivity (Wildman–Crippen MR) is 118 cm³/mol. The van der Waals surface area contributed by atoms with Crippen LogP contribution in [0.15, 0.2) is 18.2 Å². The Bertz CT molecular complexity index is 985. The van der Waals surface area contributed by atoms with E-state index in [0.717, 1.165) is 56.2 Å². The summed E-state index contributed by atoms with van der Waals surface area (Å²) >= 11 is 0. The molecule has 2 saturated heterocycles. The van der Waals surface area contributed by atoms with Gasteiger partial charge in [-0.25, -0.2) is 0 Å². The summed E-state index contributed by atoms with van der Waals surface area (Å²) in [6.07, 6.45) is 3.03. The van der Waals surface area contributed by atoms with Crippen LogP contribution in [-0.2, 0) is 14.4 Å². The van der Waals surface area contributed by atoms with Gasteiger partial charge in [0.2, 0.25) is 11.8 Å². The van der Waals surface area contributed by atoms with E-state index in [9.17, 15) is 24.0 Å². The van der Waals surface area contributed by atoms with Crippen LogP contribution in [0, 0.1) is 0 Å². The maximum absolute atomic E-state index is 13.0. The molecule has 0 radical (unpaired) electrons. The fraction of sp³-hybridized carbons (Fsp3) is 0.522. The second-order valence-electron chi connectivity index (χ2n) is 8.71. The number of unbranched alkanes of at least 4 members (excludes halogenated alkanes) is 2. The molecule has 4 amide bonds. The van der Waals surface area contributed by atoms with Gasteiger partial charge in [-0.05, 0) is 44.0 Å². The molecule has 0 saturated carbocycles. The van der Waals surface area contributed by atoms with Crippen molar-refractivity contribution in [3.8, 4) is 0 Å². The minimum atomic E-state index is -0.961. The SMILES string of the molecule is O=C(O)CCCCCN1CCN(c2ccc3c(c2)C(=O)N(C2CCC(=O)NC2=O)C3=O)CC1. The number of hydrogen-bond acceptors (Lipinski definition) is 7. The Morgan fingerprint density at radius 2 is 1.70 bits per heavy atom. The third-order valence-corrected chi connectivity index (χ3v) is 6.53. The minimum absolute atomic E-state index is 0.0961. The Hall–Kier alpha value is -3.27. The molecule has 10 heteroatoms. The average molecular weight is 456 g/mol. The van der Waals surface area contributed by atoms with Gasteiger partial charge in [0.15, 0.2) is 0 Å². The van der Waals surface area contributed by atoms with E-state index in [0.29, 0.717) is 12.0 Å². The minimum Gasteiger partial charge on any atom is -0.481 e. The maximum atomic E-state index is 13.0. The number of nitrogens with zero attached hydrogens (tertiary/aromatic N) is 3. The van der Waals surface area contributed by atoms with Crippen LogP contribution in [0.25, 0.3) is 0 Å². The van der Waals surface area contributed by atoms with Crippen molar-refractivity contribution in [2.24, 2.45) is 0 Å². The molecule has 4 rings (SSSR count). The van der Waals surface area contributed by atoms with Crippen LogP contribution in [0.3, 0.4) is 0 Å². The number of fused-ring (bicyclic) bond motifs is 1. The smallest absolute Gasteiger partial charge is 0.303 e. The summed E-state index contributed by atoms with van der Waals surface area (Å²) in [4.78, 5) is 65.6. The molecule has 33 heavy (non-hydrogen) atoms. The van der Waals surface area contributed by atoms with Gasteiger partial charge in [-0.2, -0.15) is 0 Å². The number of carbonyl (C=O) groups is 5. The molecule has 1 atom stereocenters. The van der Waals surface area contributed by atoms with E-state index in [2.05, 4.69) is 15.1 Å². The normalized spacial score (nSPS) is 21.4. The Morgan fingerprint density at radius 3 is 2.39 bits per heavy atom. The van der Waals surface area contributed by atoms with Gasteiger partial charge in [-0.15, -0.1) is 0 Å². The van der Waals surface area contributed by atoms with Crippen molar-refractivity contribution in [2.75, 3.05) is 37.6 Å². The highest BCUT2D eigenvalue weighted by atomic mass is 16.4. The number of hydrogen-bond donors (Lipinski definition) is 2. The summed E-state index contributed by atoms with van der Waals surface area (Å²) in [6, 6.07) is 4.24. The second-order valence-corrected chi connectivity index (χ2v) is 8.71. The van der Waals surface area contributed by atoms with Gasteiger partial charge >= 0.3 is 5.97 Å². The van der Waals surface area contributed by atoms with E-state index in [4.69, 9.17) is 5.11 Å². The van der Waals surface area contributed by atoms with Crippen molar-refractivity contribution in [3.05, 3.63) is 29.3 Å². The van der Waals surface area contributed by atoms with Gasteiger partial charge in [-0.3, -0.25) is 39.1 Å². The van der Waals surface area contributed by atoms with Crippen molar-refractivity contribution in [2.45, 2.75) is 44.6 Å². The zero-order valence-corrected chi connectivity index (χ0v) is 18.4. The number of piperazine rings is 1. The molecule has 0 bridgehead atoms. The van der Waals surface area contributed by atoms with Crippen LogP contribution in [-0.4, -0.2) is 83.3 Å². The van der Waals surface area contributed by atoms with Gasteiger partial charge in [0.25, 0.3) is 11.8 Å². The molecule has 2 N–H and O–H groups in total. The van der Waals surface area contributed by atoms with Crippen molar-refractivity contribution < 1.29 is 29.1 Å². The van der Waals surface area contributed by atoms with Gasteiger partial charge in [0.05, 0.1) is 11.1 Å². The quantitative estimate of drug-likeness (QED) is 0.436. The first kappa shape index (κ1) is 22.9. The number of piperidine rings is 1. The van der Waals surface area contributed by atoms with Crippen LogP contribution < -0.4 is 10.2 Å². The molecule has 3 aliphatic rings. The number of carboxylic acids is 1. The summed E-state index contributed by atoms with van der Waals surface area (Å²) in [5.41, 5.74) is 1.44. The topological polar surface area (TPSA) is 127 Å². The molecule has 10 nitrogen and oxygen atoms in total. The van der Waals surface area contributed by atoms with Crippen molar-refractivity contribution in [3.63, 3.8) is 0 Å². The lowest BCUT2D eigenvalue weighted by atomic mass is 10.0. The number of carboxylic acid groups (broad SMARTS) is 1. The van der Waals surface area contributed by atoms with Crippen molar-refractivity contribution in [1.29, 1.82) is 0 Å². The number of anilines is 1. The van der Waals surface area contributed by atoms with E-state index in [1.165, 1.54) is 0 Å². The standard InChI is InChI=1S/C23H28N4O6/c28-19-8-7-18(21(31)24-19)27-22(32)16-6-5-15(14-17(16)23(27)33)26-12-10-25(11-13-26)9-3-1-2-4-20(29)30/h5-6,14,18H,1-4,7-13H2,(H,29,30)(H,24,28,31). The molecule has 0 spiro atoms. The molecule has 3 heterocycles. The third-order valence-electron chi connectivity index (χ3n) is 6.53. The number of aliphatic carboxylic acids is 1. The first-order valence-electron chi connectivity index (χ1n) is 11.4. The van der Waals surface area contributed by atoms with E-state index in [-0.39, 0.29) is 24.8 Å². The molecule has 1 unspecified atom stereocenters. The van der Waals surface area contributed by atoms with E-state index >= 15 is 0 Å². The summed E-state index contributed by atoms with van der Waals surface area (Å²) in [7, 11) is 0. The highest BCUT2D eigenvalue weighted by Gasteiger charge is 2.44. The van der Waals surface area contributed by atoms with Crippen molar-refractivity contribution >= 4 is 35.3 Å². The predicted octanol–water partition coefficient (Wildman–Crippen LogP) is 0.855. The molecule has 176 valence electrons. The zero-order valence-electron chi connectivity index (χ0n) is 18.4.